The van der Waals surface area contributed by atoms with Crippen molar-refractivity contribution < 1.29 is 0 Å². The number of hydrogen-bond acceptors (Lipinski definition) is 2. The van der Waals surface area contributed by atoms with Crippen molar-refractivity contribution in [3.63, 3.8) is 0 Å². The fourth-order valence-electron chi connectivity index (χ4n) is 2.45. The van der Waals surface area contributed by atoms with Crippen LogP contribution in [0.2, 0.25) is 0 Å². The molecule has 0 aliphatic heterocycles. The van der Waals surface area contributed by atoms with Crippen LogP contribution in [0.1, 0.15) is 28.3 Å². The lowest BCUT2D eigenvalue weighted by molar-refractivity contribution is 0.242. The highest BCUT2D eigenvalue weighted by atomic mass is 15.1. The summed E-state index contributed by atoms with van der Waals surface area (Å²) in [4.78, 5) is 2.31. The molecule has 0 aromatic heterocycles. The Balaban J connectivity index is 2.10. The van der Waals surface area contributed by atoms with Crippen molar-refractivity contribution in [3.05, 3.63) is 70.8 Å². The zero-order chi connectivity index (χ0) is 14.5. The maximum Gasteiger partial charge on any atom is 0.0470 e. The molecule has 2 rings (SSSR count). The molecule has 0 bridgehead atoms. The Kier molecular flexibility index (Phi) is 4.94. The Morgan fingerprint density at radius 3 is 1.90 bits per heavy atom. The van der Waals surface area contributed by atoms with Crippen LogP contribution in [0.15, 0.2) is 48.5 Å². The van der Waals surface area contributed by atoms with Gasteiger partial charge in [-0.15, -0.1) is 0 Å². The van der Waals surface area contributed by atoms with Gasteiger partial charge in [0.05, 0.1) is 0 Å². The molecule has 0 saturated heterocycles. The summed E-state index contributed by atoms with van der Waals surface area (Å²) in [6, 6.07) is 17.6. The molecule has 2 aromatic rings. The van der Waals surface area contributed by atoms with E-state index in [0.29, 0.717) is 6.54 Å². The maximum atomic E-state index is 5.98. The van der Waals surface area contributed by atoms with Crippen LogP contribution < -0.4 is 5.73 Å². The quantitative estimate of drug-likeness (QED) is 0.900. The lowest BCUT2D eigenvalue weighted by Crippen LogP contribution is -2.30. The van der Waals surface area contributed by atoms with Gasteiger partial charge < -0.3 is 5.73 Å². The van der Waals surface area contributed by atoms with E-state index in [4.69, 9.17) is 5.73 Å². The molecule has 0 saturated carbocycles. The highest BCUT2D eigenvalue weighted by molar-refractivity contribution is 5.25. The van der Waals surface area contributed by atoms with Crippen LogP contribution in [0, 0.1) is 13.8 Å². The third-order valence-electron chi connectivity index (χ3n) is 3.77. The van der Waals surface area contributed by atoms with Gasteiger partial charge in [0, 0.05) is 19.1 Å². The van der Waals surface area contributed by atoms with E-state index in [9.17, 15) is 0 Å². The van der Waals surface area contributed by atoms with Gasteiger partial charge in [-0.25, -0.2) is 0 Å². The molecule has 2 aromatic carbocycles. The Morgan fingerprint density at radius 2 is 1.40 bits per heavy atom. The minimum absolute atomic E-state index is 0.261. The van der Waals surface area contributed by atoms with Crippen molar-refractivity contribution in [2.45, 2.75) is 26.4 Å². The van der Waals surface area contributed by atoms with E-state index in [1.807, 2.05) is 0 Å². The predicted octanol–water partition coefficient (Wildman–Crippen LogP) is 3.44. The zero-order valence-electron chi connectivity index (χ0n) is 12.6. The standard InChI is InChI=1S/C18H24N2/c1-14-4-8-16(9-5-14)13-20(3)18(12-19)17-10-6-15(2)7-11-17/h4-11,18H,12-13,19H2,1-3H3. The van der Waals surface area contributed by atoms with Crippen LogP contribution in [0.25, 0.3) is 0 Å². The van der Waals surface area contributed by atoms with E-state index in [-0.39, 0.29) is 6.04 Å². The molecule has 0 heterocycles. The second-order valence-electron chi connectivity index (χ2n) is 5.56. The lowest BCUT2D eigenvalue weighted by atomic mass is 10.0. The SMILES string of the molecule is Cc1ccc(CN(C)C(CN)c2ccc(C)cc2)cc1. The van der Waals surface area contributed by atoms with Crippen molar-refractivity contribution in [2.75, 3.05) is 13.6 Å². The van der Waals surface area contributed by atoms with E-state index in [2.05, 4.69) is 74.3 Å². The number of likely N-dealkylation sites (N-methyl/N-ethyl adjacent to an activating group) is 1. The summed E-state index contributed by atoms with van der Waals surface area (Å²) in [7, 11) is 2.14. The van der Waals surface area contributed by atoms with Gasteiger partial charge >= 0.3 is 0 Å². The lowest BCUT2D eigenvalue weighted by Gasteiger charge is -2.27. The van der Waals surface area contributed by atoms with Gasteiger partial charge in [-0.3, -0.25) is 4.90 Å². The first-order valence-electron chi connectivity index (χ1n) is 7.12. The van der Waals surface area contributed by atoms with Gasteiger partial charge in [-0.05, 0) is 32.0 Å². The van der Waals surface area contributed by atoms with Crippen LogP contribution in [0.3, 0.4) is 0 Å². The Hall–Kier alpha value is -1.64. The van der Waals surface area contributed by atoms with E-state index in [1.54, 1.807) is 0 Å². The first kappa shape index (κ1) is 14.8. The molecule has 0 radical (unpaired) electrons. The highest BCUT2D eigenvalue weighted by Gasteiger charge is 2.15. The summed E-state index contributed by atoms with van der Waals surface area (Å²) in [6.45, 7) is 5.77. The molecule has 0 aliphatic rings. The van der Waals surface area contributed by atoms with Crippen LogP contribution in [-0.4, -0.2) is 18.5 Å². The minimum atomic E-state index is 0.261. The molecule has 1 unspecified atom stereocenters. The summed E-state index contributed by atoms with van der Waals surface area (Å²) in [5.41, 5.74) is 11.2. The fraction of sp³-hybridized carbons (Fsp3) is 0.333. The molecule has 2 heteroatoms. The van der Waals surface area contributed by atoms with Crippen molar-refractivity contribution in [3.8, 4) is 0 Å². The van der Waals surface area contributed by atoms with Gasteiger partial charge in [-0.2, -0.15) is 0 Å². The predicted molar refractivity (Wildman–Crippen MR) is 85.6 cm³/mol. The van der Waals surface area contributed by atoms with Crippen LogP contribution in [-0.2, 0) is 6.54 Å². The summed E-state index contributed by atoms with van der Waals surface area (Å²) in [6.07, 6.45) is 0. The summed E-state index contributed by atoms with van der Waals surface area (Å²) in [5, 5.41) is 0. The average Bonchev–Trinajstić information content (AvgIpc) is 2.44. The number of benzene rings is 2. The summed E-state index contributed by atoms with van der Waals surface area (Å²) >= 11 is 0. The number of nitrogens with two attached hydrogens (primary N) is 1. The van der Waals surface area contributed by atoms with Crippen LogP contribution in [0.4, 0.5) is 0 Å². The van der Waals surface area contributed by atoms with E-state index >= 15 is 0 Å². The normalized spacial score (nSPS) is 12.7. The number of hydrogen-bond donors (Lipinski definition) is 1. The smallest absolute Gasteiger partial charge is 0.0470 e. The highest BCUT2D eigenvalue weighted by Crippen LogP contribution is 2.21. The zero-order valence-corrected chi connectivity index (χ0v) is 12.6. The van der Waals surface area contributed by atoms with E-state index in [0.717, 1.165) is 6.54 Å². The minimum Gasteiger partial charge on any atom is -0.329 e. The molecule has 0 spiro atoms. The molecular formula is C18H24N2. The van der Waals surface area contributed by atoms with Crippen LogP contribution >= 0.6 is 0 Å². The van der Waals surface area contributed by atoms with Gasteiger partial charge in [0.25, 0.3) is 0 Å². The van der Waals surface area contributed by atoms with Crippen molar-refractivity contribution in [1.82, 2.24) is 4.90 Å². The Morgan fingerprint density at radius 1 is 0.900 bits per heavy atom. The third-order valence-corrected chi connectivity index (χ3v) is 3.77. The number of rotatable bonds is 5. The first-order valence-corrected chi connectivity index (χ1v) is 7.12. The Bertz CT molecular complexity index is 528. The summed E-state index contributed by atoms with van der Waals surface area (Å²) in [5.74, 6) is 0. The maximum absolute atomic E-state index is 5.98. The van der Waals surface area contributed by atoms with Gasteiger partial charge in [0.2, 0.25) is 0 Å². The second kappa shape index (κ2) is 6.69. The van der Waals surface area contributed by atoms with E-state index in [1.165, 1.54) is 22.3 Å². The second-order valence-corrected chi connectivity index (χ2v) is 5.56. The molecular weight excluding hydrogens is 244 g/mol. The summed E-state index contributed by atoms with van der Waals surface area (Å²) < 4.78 is 0. The first-order chi connectivity index (χ1) is 9.60. The van der Waals surface area contributed by atoms with E-state index < -0.39 is 0 Å². The van der Waals surface area contributed by atoms with Crippen LogP contribution in [0.5, 0.6) is 0 Å². The molecule has 2 N–H and O–H groups in total. The average molecular weight is 268 g/mol. The molecule has 0 fully saturated rings. The third kappa shape index (κ3) is 3.69. The monoisotopic (exact) mass is 268 g/mol. The molecule has 0 amide bonds. The molecule has 2 nitrogen and oxygen atoms in total. The fourth-order valence-corrected chi connectivity index (χ4v) is 2.45. The molecule has 0 aliphatic carbocycles. The van der Waals surface area contributed by atoms with Gasteiger partial charge in [-0.1, -0.05) is 59.7 Å². The van der Waals surface area contributed by atoms with Gasteiger partial charge in [0.1, 0.15) is 0 Å². The largest absolute Gasteiger partial charge is 0.329 e. The van der Waals surface area contributed by atoms with Gasteiger partial charge in [0.15, 0.2) is 0 Å². The number of nitrogens with zero attached hydrogens (tertiary/aromatic N) is 1. The van der Waals surface area contributed by atoms with Crippen molar-refractivity contribution in [2.24, 2.45) is 5.73 Å². The van der Waals surface area contributed by atoms with Crippen molar-refractivity contribution >= 4 is 0 Å². The van der Waals surface area contributed by atoms with Crippen molar-refractivity contribution in [1.29, 1.82) is 0 Å². The Labute approximate surface area is 122 Å². The molecule has 1 atom stereocenters. The number of aryl methyl sites for hydroxylation is 2. The topological polar surface area (TPSA) is 29.3 Å². The molecule has 106 valence electrons. The molecule has 20 heavy (non-hydrogen) atoms.